The average Bonchev–Trinajstić information content (AvgIpc) is 2.19. The smallest absolute Gasteiger partial charge is 0.350 e. The summed E-state index contributed by atoms with van der Waals surface area (Å²) < 4.78 is 9.72. The minimum atomic E-state index is -1.19. The molecule has 88 valence electrons. The van der Waals surface area contributed by atoms with E-state index in [1.807, 2.05) is 0 Å². The molecule has 0 saturated carbocycles. The molecule has 0 fully saturated rings. The first-order valence-corrected chi connectivity index (χ1v) is 5.26. The van der Waals surface area contributed by atoms with Crippen LogP contribution in [0.2, 0.25) is 0 Å². The van der Waals surface area contributed by atoms with Crippen LogP contribution >= 0.6 is 0 Å². The van der Waals surface area contributed by atoms with Crippen molar-refractivity contribution in [3.8, 4) is 0 Å². The van der Waals surface area contributed by atoms with Gasteiger partial charge in [-0.3, -0.25) is 4.79 Å². The Balaban J connectivity index is 4.07. The van der Waals surface area contributed by atoms with Gasteiger partial charge in [0.25, 0.3) is 6.47 Å². The summed E-state index contributed by atoms with van der Waals surface area (Å²) in [6.07, 6.45) is 1.94. The van der Waals surface area contributed by atoms with E-state index in [1.54, 1.807) is 0 Å². The molecule has 15 heavy (non-hydrogen) atoms. The van der Waals surface area contributed by atoms with E-state index in [0.717, 1.165) is 12.8 Å². The summed E-state index contributed by atoms with van der Waals surface area (Å²) in [4.78, 5) is 21.6. The van der Waals surface area contributed by atoms with E-state index in [9.17, 15) is 9.59 Å². The fourth-order valence-electron chi connectivity index (χ4n) is 1.06. The summed E-state index contributed by atoms with van der Waals surface area (Å²) in [7, 11) is 0. The maximum atomic E-state index is 11.5. The molecule has 0 amide bonds. The van der Waals surface area contributed by atoms with Crippen LogP contribution in [0.5, 0.6) is 0 Å². The molecule has 4 nitrogen and oxygen atoms in total. The van der Waals surface area contributed by atoms with Crippen molar-refractivity contribution in [1.82, 2.24) is 0 Å². The van der Waals surface area contributed by atoms with Crippen LogP contribution in [0.1, 0.15) is 40.5 Å². The Morgan fingerprint density at radius 3 is 2.27 bits per heavy atom. The molecule has 0 unspecified atom stereocenters. The van der Waals surface area contributed by atoms with Gasteiger partial charge in [0.15, 0.2) is 0 Å². The first-order valence-electron chi connectivity index (χ1n) is 5.26. The topological polar surface area (TPSA) is 52.6 Å². The molecule has 0 heterocycles. The summed E-state index contributed by atoms with van der Waals surface area (Å²) in [5.41, 5.74) is -1.19. The van der Waals surface area contributed by atoms with Crippen molar-refractivity contribution >= 4 is 12.4 Å². The molecular weight excluding hydrogens is 196 g/mol. The van der Waals surface area contributed by atoms with Crippen LogP contribution in [0, 0.1) is 5.92 Å². The van der Waals surface area contributed by atoms with Crippen LogP contribution in [0.25, 0.3) is 0 Å². The van der Waals surface area contributed by atoms with Gasteiger partial charge in [-0.1, -0.05) is 26.7 Å². The third-order valence-electron chi connectivity index (χ3n) is 2.44. The van der Waals surface area contributed by atoms with Gasteiger partial charge in [-0.15, -0.1) is 0 Å². The molecule has 0 rings (SSSR count). The summed E-state index contributed by atoms with van der Waals surface area (Å²) >= 11 is 0. The highest BCUT2D eigenvalue weighted by molar-refractivity contribution is 5.79. The van der Waals surface area contributed by atoms with Gasteiger partial charge < -0.3 is 9.47 Å². The van der Waals surface area contributed by atoms with Crippen LogP contribution in [-0.4, -0.2) is 24.6 Å². The van der Waals surface area contributed by atoms with E-state index >= 15 is 0 Å². The maximum absolute atomic E-state index is 11.5. The molecule has 0 aromatic heterocycles. The first-order chi connectivity index (χ1) is 6.97. The van der Waals surface area contributed by atoms with Gasteiger partial charge in [-0.2, -0.15) is 0 Å². The molecule has 0 aliphatic heterocycles. The van der Waals surface area contributed by atoms with Crippen LogP contribution < -0.4 is 0 Å². The molecule has 0 aromatic rings. The second kappa shape index (κ2) is 6.43. The van der Waals surface area contributed by atoms with Crippen molar-refractivity contribution in [2.45, 2.75) is 46.1 Å². The van der Waals surface area contributed by atoms with Crippen LogP contribution in [-0.2, 0) is 19.1 Å². The largest absolute Gasteiger partial charge is 0.462 e. The predicted molar refractivity (Wildman–Crippen MR) is 56.3 cm³/mol. The zero-order valence-electron chi connectivity index (χ0n) is 9.91. The number of hydrogen-bond donors (Lipinski definition) is 0. The SMILES string of the molecule is CCC(CC)COC(=O)C(C)(C)OC=O. The lowest BCUT2D eigenvalue weighted by molar-refractivity contribution is -0.172. The number of esters is 1. The van der Waals surface area contributed by atoms with Crippen LogP contribution in [0.15, 0.2) is 0 Å². The van der Waals surface area contributed by atoms with Gasteiger partial charge in [-0.05, 0) is 19.8 Å². The second-order valence-corrected chi connectivity index (χ2v) is 4.01. The van der Waals surface area contributed by atoms with Crippen molar-refractivity contribution in [3.63, 3.8) is 0 Å². The lowest BCUT2D eigenvalue weighted by atomic mass is 10.1. The standard InChI is InChI=1S/C11H20O4/c1-5-9(6-2)7-14-10(13)11(3,4)15-8-12/h8-9H,5-7H2,1-4H3. The fourth-order valence-corrected chi connectivity index (χ4v) is 1.06. The number of carbonyl (C=O) groups excluding carboxylic acids is 2. The summed E-state index contributed by atoms with van der Waals surface area (Å²) in [6, 6.07) is 0. The van der Waals surface area contributed by atoms with Gasteiger partial charge in [0.1, 0.15) is 0 Å². The Bertz CT molecular complexity index is 207. The molecule has 0 radical (unpaired) electrons. The molecule has 0 aliphatic rings. The maximum Gasteiger partial charge on any atom is 0.350 e. The lowest BCUT2D eigenvalue weighted by Gasteiger charge is -2.22. The van der Waals surface area contributed by atoms with E-state index in [1.165, 1.54) is 13.8 Å². The third-order valence-corrected chi connectivity index (χ3v) is 2.44. The van der Waals surface area contributed by atoms with Crippen molar-refractivity contribution in [2.75, 3.05) is 6.61 Å². The van der Waals surface area contributed by atoms with Crippen LogP contribution in [0.4, 0.5) is 0 Å². The van der Waals surface area contributed by atoms with Crippen molar-refractivity contribution < 1.29 is 19.1 Å². The molecule has 0 spiro atoms. The molecule has 0 aromatic carbocycles. The van der Waals surface area contributed by atoms with Crippen LogP contribution in [0.3, 0.4) is 0 Å². The molecular formula is C11H20O4. The molecule has 0 saturated heterocycles. The Morgan fingerprint density at radius 1 is 1.33 bits per heavy atom. The Kier molecular flexibility index (Phi) is 5.97. The Labute approximate surface area is 90.9 Å². The minimum Gasteiger partial charge on any atom is -0.462 e. The van der Waals surface area contributed by atoms with Gasteiger partial charge >= 0.3 is 5.97 Å². The number of ether oxygens (including phenoxy) is 2. The van der Waals surface area contributed by atoms with E-state index in [-0.39, 0.29) is 6.47 Å². The van der Waals surface area contributed by atoms with Gasteiger partial charge in [0.2, 0.25) is 5.60 Å². The Morgan fingerprint density at radius 2 is 1.87 bits per heavy atom. The zero-order valence-corrected chi connectivity index (χ0v) is 9.91. The number of carbonyl (C=O) groups is 2. The predicted octanol–water partition coefficient (Wildman–Crippen LogP) is 1.92. The van der Waals surface area contributed by atoms with Gasteiger partial charge in [0, 0.05) is 0 Å². The van der Waals surface area contributed by atoms with Gasteiger partial charge in [0.05, 0.1) is 6.61 Å². The van der Waals surface area contributed by atoms with E-state index in [0.29, 0.717) is 12.5 Å². The van der Waals surface area contributed by atoms with Gasteiger partial charge in [-0.25, -0.2) is 4.79 Å². The highest BCUT2D eigenvalue weighted by Crippen LogP contribution is 2.13. The van der Waals surface area contributed by atoms with E-state index in [2.05, 4.69) is 18.6 Å². The summed E-state index contributed by atoms with van der Waals surface area (Å²) in [5, 5.41) is 0. The minimum absolute atomic E-state index is 0.262. The quantitative estimate of drug-likeness (QED) is 0.482. The van der Waals surface area contributed by atoms with Crippen molar-refractivity contribution in [2.24, 2.45) is 5.92 Å². The fraction of sp³-hybridized carbons (Fsp3) is 0.818. The molecule has 0 aliphatic carbocycles. The molecule has 4 heteroatoms. The van der Waals surface area contributed by atoms with E-state index in [4.69, 9.17) is 4.74 Å². The summed E-state index contributed by atoms with van der Waals surface area (Å²) in [6.45, 7) is 7.77. The lowest BCUT2D eigenvalue weighted by Crippen LogP contribution is -2.37. The van der Waals surface area contributed by atoms with Crippen molar-refractivity contribution in [1.29, 1.82) is 0 Å². The van der Waals surface area contributed by atoms with Crippen molar-refractivity contribution in [3.05, 3.63) is 0 Å². The Hall–Kier alpha value is -1.06. The second-order valence-electron chi connectivity index (χ2n) is 4.01. The summed E-state index contributed by atoms with van der Waals surface area (Å²) in [5.74, 6) is -0.123. The highest BCUT2D eigenvalue weighted by Gasteiger charge is 2.31. The highest BCUT2D eigenvalue weighted by atomic mass is 16.6. The third kappa shape index (κ3) is 4.81. The van der Waals surface area contributed by atoms with E-state index < -0.39 is 11.6 Å². The first kappa shape index (κ1) is 13.9. The number of rotatable bonds is 7. The molecule has 0 atom stereocenters. The molecule has 0 N–H and O–H groups in total. The zero-order chi connectivity index (χ0) is 11.9. The normalized spacial score (nSPS) is 11.3. The monoisotopic (exact) mass is 216 g/mol. The average molecular weight is 216 g/mol. The molecule has 0 bridgehead atoms. The number of hydrogen-bond acceptors (Lipinski definition) is 4.